The lowest BCUT2D eigenvalue weighted by Crippen LogP contribution is -2.30. The molecule has 19 heavy (non-hydrogen) atoms. The minimum atomic E-state index is -0.515. The molecule has 1 aromatic rings. The number of aliphatic hydroxyl groups is 1. The first-order chi connectivity index (χ1) is 9.08. The first-order valence-electron chi connectivity index (χ1n) is 6.30. The molecule has 1 heterocycles. The summed E-state index contributed by atoms with van der Waals surface area (Å²) in [4.78, 5) is 14.3. The van der Waals surface area contributed by atoms with Crippen LogP contribution in [-0.2, 0) is 0 Å². The van der Waals surface area contributed by atoms with E-state index in [1.54, 1.807) is 0 Å². The van der Waals surface area contributed by atoms with Crippen LogP contribution in [0.15, 0.2) is 12.3 Å². The molecule has 7 heteroatoms. The summed E-state index contributed by atoms with van der Waals surface area (Å²) in [5.74, 6) is 0.318. The Kier molecular flexibility index (Phi) is 4.55. The summed E-state index contributed by atoms with van der Waals surface area (Å²) in [6, 6.07) is 1.27. The van der Waals surface area contributed by atoms with Crippen molar-refractivity contribution in [1.82, 2.24) is 4.98 Å². The van der Waals surface area contributed by atoms with Gasteiger partial charge in [-0.15, -0.1) is 0 Å². The monoisotopic (exact) mass is 285 g/mol. The lowest BCUT2D eigenvalue weighted by Gasteiger charge is -2.27. The SMILES string of the molecule is O=[N+]([O-])c1cc(Cl)cnc1NCC1CCCCC1O. The first kappa shape index (κ1) is 14.0. The van der Waals surface area contributed by atoms with Crippen molar-refractivity contribution in [3.8, 4) is 0 Å². The van der Waals surface area contributed by atoms with Crippen LogP contribution in [-0.4, -0.2) is 27.7 Å². The van der Waals surface area contributed by atoms with Crippen LogP contribution in [0.5, 0.6) is 0 Å². The van der Waals surface area contributed by atoms with Gasteiger partial charge in [-0.25, -0.2) is 4.98 Å². The number of hydrogen-bond donors (Lipinski definition) is 2. The summed E-state index contributed by atoms with van der Waals surface area (Å²) in [7, 11) is 0. The Balaban J connectivity index is 2.04. The molecule has 0 saturated heterocycles. The number of hydrogen-bond acceptors (Lipinski definition) is 5. The Labute approximate surface area is 116 Å². The predicted molar refractivity (Wildman–Crippen MR) is 72.4 cm³/mol. The second kappa shape index (κ2) is 6.16. The van der Waals surface area contributed by atoms with E-state index in [0.29, 0.717) is 6.54 Å². The lowest BCUT2D eigenvalue weighted by molar-refractivity contribution is -0.384. The van der Waals surface area contributed by atoms with E-state index in [1.165, 1.54) is 12.3 Å². The number of halogens is 1. The maximum absolute atomic E-state index is 10.9. The first-order valence-corrected chi connectivity index (χ1v) is 6.67. The minimum absolute atomic E-state index is 0.117. The molecule has 0 aromatic carbocycles. The fraction of sp³-hybridized carbons (Fsp3) is 0.583. The molecule has 0 spiro atoms. The Morgan fingerprint density at radius 2 is 2.26 bits per heavy atom. The van der Waals surface area contributed by atoms with Crippen LogP contribution in [0.1, 0.15) is 25.7 Å². The van der Waals surface area contributed by atoms with Crippen molar-refractivity contribution in [2.45, 2.75) is 31.8 Å². The Bertz CT molecular complexity index is 470. The molecule has 1 fully saturated rings. The van der Waals surface area contributed by atoms with Gasteiger partial charge in [0.05, 0.1) is 16.0 Å². The second-order valence-electron chi connectivity index (χ2n) is 4.77. The van der Waals surface area contributed by atoms with E-state index in [0.717, 1.165) is 25.7 Å². The van der Waals surface area contributed by atoms with Gasteiger partial charge in [0.1, 0.15) is 0 Å². The molecule has 0 amide bonds. The van der Waals surface area contributed by atoms with Crippen LogP contribution in [0.4, 0.5) is 11.5 Å². The number of nitro groups is 1. The van der Waals surface area contributed by atoms with E-state index in [4.69, 9.17) is 11.6 Å². The van der Waals surface area contributed by atoms with E-state index in [-0.39, 0.29) is 28.5 Å². The average molecular weight is 286 g/mol. The zero-order valence-electron chi connectivity index (χ0n) is 10.4. The van der Waals surface area contributed by atoms with Crippen molar-refractivity contribution < 1.29 is 10.0 Å². The topological polar surface area (TPSA) is 88.3 Å². The molecule has 0 radical (unpaired) electrons. The highest BCUT2D eigenvalue weighted by Crippen LogP contribution is 2.28. The summed E-state index contributed by atoms with van der Waals surface area (Å²) in [5, 5.41) is 23.9. The van der Waals surface area contributed by atoms with Crippen molar-refractivity contribution in [3.63, 3.8) is 0 Å². The van der Waals surface area contributed by atoms with Gasteiger partial charge < -0.3 is 10.4 Å². The van der Waals surface area contributed by atoms with E-state index < -0.39 is 4.92 Å². The third-order valence-corrected chi connectivity index (χ3v) is 3.64. The molecule has 104 valence electrons. The van der Waals surface area contributed by atoms with Crippen LogP contribution < -0.4 is 5.32 Å². The summed E-state index contributed by atoms with van der Waals surface area (Å²) in [6.07, 6.45) is 4.87. The molecule has 0 bridgehead atoms. The highest BCUT2D eigenvalue weighted by Gasteiger charge is 2.24. The molecule has 2 rings (SSSR count). The van der Waals surface area contributed by atoms with Gasteiger partial charge in [0.2, 0.25) is 5.82 Å². The summed E-state index contributed by atoms with van der Waals surface area (Å²) in [5.41, 5.74) is -0.141. The smallest absolute Gasteiger partial charge is 0.312 e. The van der Waals surface area contributed by atoms with Crippen LogP contribution in [0, 0.1) is 16.0 Å². The van der Waals surface area contributed by atoms with E-state index in [9.17, 15) is 15.2 Å². The predicted octanol–water partition coefficient (Wildman–Crippen LogP) is 2.61. The highest BCUT2D eigenvalue weighted by molar-refractivity contribution is 6.30. The maximum atomic E-state index is 10.9. The summed E-state index contributed by atoms with van der Waals surface area (Å²) >= 11 is 5.70. The molecule has 1 aliphatic rings. The van der Waals surface area contributed by atoms with Crippen molar-refractivity contribution in [2.24, 2.45) is 5.92 Å². The zero-order valence-corrected chi connectivity index (χ0v) is 11.1. The van der Waals surface area contributed by atoms with Crippen molar-refractivity contribution >= 4 is 23.1 Å². The van der Waals surface area contributed by atoms with Crippen LogP contribution >= 0.6 is 11.6 Å². The van der Waals surface area contributed by atoms with Crippen LogP contribution in [0.2, 0.25) is 5.02 Å². The number of aliphatic hydroxyl groups excluding tert-OH is 1. The molecule has 2 N–H and O–H groups in total. The quantitative estimate of drug-likeness (QED) is 0.656. The normalized spacial score (nSPS) is 23.1. The van der Waals surface area contributed by atoms with Crippen molar-refractivity contribution in [3.05, 3.63) is 27.4 Å². The Morgan fingerprint density at radius 3 is 2.95 bits per heavy atom. The minimum Gasteiger partial charge on any atom is -0.393 e. The van der Waals surface area contributed by atoms with Crippen molar-refractivity contribution in [2.75, 3.05) is 11.9 Å². The second-order valence-corrected chi connectivity index (χ2v) is 5.21. The average Bonchev–Trinajstić information content (AvgIpc) is 2.38. The third kappa shape index (κ3) is 3.54. The molecule has 1 saturated carbocycles. The van der Waals surface area contributed by atoms with Crippen LogP contribution in [0.3, 0.4) is 0 Å². The van der Waals surface area contributed by atoms with Crippen molar-refractivity contribution in [1.29, 1.82) is 0 Å². The molecule has 1 aliphatic carbocycles. The van der Waals surface area contributed by atoms with E-state index in [1.807, 2.05) is 0 Å². The third-order valence-electron chi connectivity index (χ3n) is 3.43. The Morgan fingerprint density at radius 1 is 1.53 bits per heavy atom. The van der Waals surface area contributed by atoms with Gasteiger partial charge >= 0.3 is 5.69 Å². The number of aromatic nitrogens is 1. The van der Waals surface area contributed by atoms with Gasteiger partial charge in [-0.2, -0.15) is 0 Å². The number of pyridine rings is 1. The number of rotatable bonds is 4. The summed E-state index contributed by atoms with van der Waals surface area (Å²) < 4.78 is 0. The molecular formula is C12H16ClN3O3. The fourth-order valence-corrected chi connectivity index (χ4v) is 2.51. The molecular weight excluding hydrogens is 270 g/mol. The van der Waals surface area contributed by atoms with Gasteiger partial charge in [-0.05, 0) is 12.8 Å². The lowest BCUT2D eigenvalue weighted by atomic mass is 9.86. The zero-order chi connectivity index (χ0) is 13.8. The van der Waals surface area contributed by atoms with E-state index >= 15 is 0 Å². The summed E-state index contributed by atoms with van der Waals surface area (Å²) in [6.45, 7) is 0.483. The highest BCUT2D eigenvalue weighted by atomic mass is 35.5. The number of nitrogens with zero attached hydrogens (tertiary/aromatic N) is 2. The Hall–Kier alpha value is -1.40. The van der Waals surface area contributed by atoms with Gasteiger partial charge in [0, 0.05) is 24.7 Å². The number of nitrogens with one attached hydrogen (secondary N) is 1. The molecule has 6 nitrogen and oxygen atoms in total. The maximum Gasteiger partial charge on any atom is 0.312 e. The molecule has 2 unspecified atom stereocenters. The molecule has 0 aliphatic heterocycles. The largest absolute Gasteiger partial charge is 0.393 e. The van der Waals surface area contributed by atoms with Gasteiger partial charge in [0.15, 0.2) is 0 Å². The van der Waals surface area contributed by atoms with Gasteiger partial charge in [0.25, 0.3) is 0 Å². The number of anilines is 1. The van der Waals surface area contributed by atoms with Crippen LogP contribution in [0.25, 0.3) is 0 Å². The van der Waals surface area contributed by atoms with Gasteiger partial charge in [-0.1, -0.05) is 24.4 Å². The molecule has 2 atom stereocenters. The standard InChI is InChI=1S/C12H16ClN3O3/c13-9-5-10(16(18)19)12(15-7-9)14-6-8-3-1-2-4-11(8)17/h5,7-8,11,17H,1-4,6H2,(H,14,15). The van der Waals surface area contributed by atoms with E-state index in [2.05, 4.69) is 10.3 Å². The molecule has 1 aromatic heterocycles. The van der Waals surface area contributed by atoms with Gasteiger partial charge in [-0.3, -0.25) is 10.1 Å². The fourth-order valence-electron chi connectivity index (χ4n) is 2.36.